The van der Waals surface area contributed by atoms with Gasteiger partial charge in [-0.1, -0.05) is 24.3 Å². The van der Waals surface area contributed by atoms with Gasteiger partial charge in [0.15, 0.2) is 0 Å². The Kier molecular flexibility index (Phi) is 4.20. The molecule has 1 heterocycles. The smallest absolute Gasteiger partial charge is 0.259 e. The summed E-state index contributed by atoms with van der Waals surface area (Å²) < 4.78 is 0. The largest absolute Gasteiger partial charge is 0.297 e. The molecular formula is C19H14ClN3O. The molecule has 1 aromatic heterocycles. The van der Waals surface area contributed by atoms with E-state index in [0.29, 0.717) is 10.9 Å². The van der Waals surface area contributed by atoms with E-state index >= 15 is 0 Å². The number of benzene rings is 2. The number of aromatic amines is 1. The maximum absolute atomic E-state index is 12.1. The topological polar surface area (TPSA) is 69.5 Å². The van der Waals surface area contributed by atoms with E-state index in [2.05, 4.69) is 9.97 Å². The van der Waals surface area contributed by atoms with Crippen molar-refractivity contribution in [3.05, 3.63) is 68.7 Å². The van der Waals surface area contributed by atoms with Crippen LogP contribution in [0.3, 0.4) is 0 Å². The molecule has 5 heteroatoms. The molecule has 0 aliphatic carbocycles. The van der Waals surface area contributed by atoms with Gasteiger partial charge in [-0.2, -0.15) is 5.26 Å². The second-order valence-electron chi connectivity index (χ2n) is 5.55. The van der Waals surface area contributed by atoms with Crippen LogP contribution in [0.15, 0.2) is 41.2 Å². The normalized spacial score (nSPS) is 11.1. The Balaban J connectivity index is 2.31. The highest BCUT2D eigenvalue weighted by molar-refractivity contribution is 6.28. The first kappa shape index (κ1) is 16.0. The van der Waals surface area contributed by atoms with Crippen molar-refractivity contribution in [3.8, 4) is 17.2 Å². The number of hydrogen-bond acceptors (Lipinski definition) is 3. The summed E-state index contributed by atoms with van der Waals surface area (Å²) in [6, 6.07) is 11.5. The predicted molar refractivity (Wildman–Crippen MR) is 96.9 cm³/mol. The van der Waals surface area contributed by atoms with Gasteiger partial charge >= 0.3 is 0 Å². The van der Waals surface area contributed by atoms with Gasteiger partial charge in [0.2, 0.25) is 5.28 Å². The van der Waals surface area contributed by atoms with Crippen molar-refractivity contribution in [1.82, 2.24) is 9.97 Å². The molecule has 0 bridgehead atoms. The van der Waals surface area contributed by atoms with E-state index in [-0.39, 0.29) is 10.8 Å². The predicted octanol–water partition coefficient (Wildman–Crippen LogP) is 4.40. The molecule has 3 aromatic rings. The fourth-order valence-electron chi connectivity index (χ4n) is 2.99. The number of H-pyrrole nitrogens is 1. The summed E-state index contributed by atoms with van der Waals surface area (Å²) in [5.41, 5.74) is 5.25. The molecule has 3 rings (SSSR count). The van der Waals surface area contributed by atoms with Gasteiger partial charge in [0, 0.05) is 11.6 Å². The second kappa shape index (κ2) is 6.31. The van der Waals surface area contributed by atoms with Gasteiger partial charge in [0.25, 0.3) is 5.56 Å². The second-order valence-corrected chi connectivity index (χ2v) is 5.91. The number of nitrogens with one attached hydrogen (secondary N) is 1. The van der Waals surface area contributed by atoms with Gasteiger partial charge in [0.05, 0.1) is 17.0 Å². The molecule has 4 nitrogen and oxygen atoms in total. The van der Waals surface area contributed by atoms with Crippen LogP contribution >= 0.6 is 11.6 Å². The monoisotopic (exact) mass is 335 g/mol. The van der Waals surface area contributed by atoms with E-state index < -0.39 is 0 Å². The van der Waals surface area contributed by atoms with Gasteiger partial charge in [-0.3, -0.25) is 9.78 Å². The molecule has 0 radical (unpaired) electrons. The number of halogens is 1. The molecule has 1 N–H and O–H groups in total. The van der Waals surface area contributed by atoms with Crippen LogP contribution in [0.4, 0.5) is 0 Å². The highest BCUT2D eigenvalue weighted by Gasteiger charge is 2.13. The molecular weight excluding hydrogens is 322 g/mol. The summed E-state index contributed by atoms with van der Waals surface area (Å²) >= 11 is 5.94. The van der Waals surface area contributed by atoms with Crippen molar-refractivity contribution >= 4 is 28.6 Å². The number of allylic oxidation sites excluding steroid dienone is 1. The minimum absolute atomic E-state index is 0.0730. The molecule has 0 atom stereocenters. The van der Waals surface area contributed by atoms with Crippen LogP contribution in [0.25, 0.3) is 28.1 Å². The Morgan fingerprint density at radius 2 is 1.96 bits per heavy atom. The molecule has 0 amide bonds. The SMILES string of the molecule is Cc1cc(/C=C/C#N)cc(C)c1-c1cccc2c(=O)[nH]c(Cl)nc12. The summed E-state index contributed by atoms with van der Waals surface area (Å²) in [5.74, 6) is 0. The summed E-state index contributed by atoms with van der Waals surface area (Å²) in [6.45, 7) is 4.00. The van der Waals surface area contributed by atoms with Crippen LogP contribution in [0.1, 0.15) is 16.7 Å². The molecule has 118 valence electrons. The number of para-hydroxylation sites is 1. The molecule has 0 aliphatic heterocycles. The number of aromatic nitrogens is 2. The Hall–Kier alpha value is -2.90. The third kappa shape index (κ3) is 2.82. The number of nitriles is 1. The first-order chi connectivity index (χ1) is 11.5. The van der Waals surface area contributed by atoms with Crippen LogP contribution in [-0.2, 0) is 0 Å². The highest BCUT2D eigenvalue weighted by Crippen LogP contribution is 2.32. The zero-order chi connectivity index (χ0) is 17.3. The fourth-order valence-corrected chi connectivity index (χ4v) is 3.16. The summed E-state index contributed by atoms with van der Waals surface area (Å²) in [6.07, 6.45) is 3.22. The summed E-state index contributed by atoms with van der Waals surface area (Å²) in [5, 5.41) is 9.26. The minimum Gasteiger partial charge on any atom is -0.297 e. The van der Waals surface area contributed by atoms with Crippen LogP contribution in [0.5, 0.6) is 0 Å². The highest BCUT2D eigenvalue weighted by atomic mass is 35.5. The van der Waals surface area contributed by atoms with Crippen molar-refractivity contribution in [2.75, 3.05) is 0 Å². The number of rotatable bonds is 2. The first-order valence-electron chi connectivity index (χ1n) is 7.37. The van der Waals surface area contributed by atoms with Gasteiger partial charge in [-0.25, -0.2) is 4.98 Å². The minimum atomic E-state index is -0.254. The Morgan fingerprint density at radius 3 is 2.62 bits per heavy atom. The van der Waals surface area contributed by atoms with Gasteiger partial charge in [0.1, 0.15) is 0 Å². The van der Waals surface area contributed by atoms with E-state index in [1.807, 2.05) is 44.2 Å². The quantitative estimate of drug-likeness (QED) is 0.557. The van der Waals surface area contributed by atoms with E-state index in [1.165, 1.54) is 6.08 Å². The summed E-state index contributed by atoms with van der Waals surface area (Å²) in [4.78, 5) is 18.9. The van der Waals surface area contributed by atoms with Crippen LogP contribution in [0.2, 0.25) is 5.28 Å². The van der Waals surface area contributed by atoms with Crippen LogP contribution in [0, 0.1) is 25.2 Å². The lowest BCUT2D eigenvalue weighted by Crippen LogP contribution is -2.08. The molecule has 0 saturated heterocycles. The van der Waals surface area contributed by atoms with Crippen molar-refractivity contribution in [3.63, 3.8) is 0 Å². The maximum atomic E-state index is 12.1. The molecule has 2 aromatic carbocycles. The Bertz CT molecular complexity index is 1050. The van der Waals surface area contributed by atoms with E-state index in [1.54, 1.807) is 12.1 Å². The number of hydrogen-bond donors (Lipinski definition) is 1. The third-order valence-electron chi connectivity index (χ3n) is 3.88. The average Bonchev–Trinajstić information content (AvgIpc) is 2.52. The van der Waals surface area contributed by atoms with E-state index in [0.717, 1.165) is 27.8 Å². The van der Waals surface area contributed by atoms with Crippen molar-refractivity contribution < 1.29 is 0 Å². The lowest BCUT2D eigenvalue weighted by molar-refractivity contribution is 1.17. The first-order valence-corrected chi connectivity index (χ1v) is 7.75. The third-order valence-corrected chi connectivity index (χ3v) is 4.06. The molecule has 0 unspecified atom stereocenters. The molecule has 0 saturated carbocycles. The lowest BCUT2D eigenvalue weighted by Gasteiger charge is -2.13. The lowest BCUT2D eigenvalue weighted by atomic mass is 9.92. The number of nitrogens with zero attached hydrogens (tertiary/aromatic N) is 2. The zero-order valence-electron chi connectivity index (χ0n) is 13.2. The van der Waals surface area contributed by atoms with Crippen molar-refractivity contribution in [2.45, 2.75) is 13.8 Å². The van der Waals surface area contributed by atoms with Crippen molar-refractivity contribution in [1.29, 1.82) is 5.26 Å². The molecule has 24 heavy (non-hydrogen) atoms. The van der Waals surface area contributed by atoms with Gasteiger partial charge in [-0.05, 0) is 59.8 Å². The van der Waals surface area contributed by atoms with E-state index in [9.17, 15) is 4.79 Å². The molecule has 0 aliphatic rings. The van der Waals surface area contributed by atoms with Crippen LogP contribution < -0.4 is 5.56 Å². The standard InChI is InChI=1S/C19H14ClN3O/c1-11-9-13(5-4-8-21)10-12(2)16(11)14-6-3-7-15-17(14)22-19(20)23-18(15)24/h3-7,9-10H,1-2H3,(H,22,23,24)/b5-4+. The number of aryl methyl sites for hydroxylation is 2. The summed E-state index contributed by atoms with van der Waals surface area (Å²) in [7, 11) is 0. The fraction of sp³-hybridized carbons (Fsp3) is 0.105. The average molecular weight is 336 g/mol. The zero-order valence-corrected chi connectivity index (χ0v) is 14.0. The van der Waals surface area contributed by atoms with Crippen molar-refractivity contribution in [2.24, 2.45) is 0 Å². The maximum Gasteiger partial charge on any atom is 0.259 e. The van der Waals surface area contributed by atoms with E-state index in [4.69, 9.17) is 16.9 Å². The Morgan fingerprint density at radius 1 is 1.25 bits per heavy atom. The number of fused-ring (bicyclic) bond motifs is 1. The van der Waals surface area contributed by atoms with Gasteiger partial charge < -0.3 is 0 Å². The van der Waals surface area contributed by atoms with Gasteiger partial charge in [-0.15, -0.1) is 0 Å². The Labute approximate surface area is 144 Å². The van der Waals surface area contributed by atoms with Crippen LogP contribution in [-0.4, -0.2) is 9.97 Å². The molecule has 0 spiro atoms. The molecule has 0 fully saturated rings.